The van der Waals surface area contributed by atoms with Crippen LogP contribution in [0, 0.1) is 0 Å². The number of alkyl halides is 2. The number of nitrogens with one attached hydrogen (secondary N) is 1. The second kappa shape index (κ2) is 8.56. The molecule has 0 unspecified atom stereocenters. The van der Waals surface area contributed by atoms with Crippen LogP contribution >= 0.6 is 0 Å². The number of piperidine rings is 1. The van der Waals surface area contributed by atoms with E-state index in [0.717, 1.165) is 24.8 Å². The summed E-state index contributed by atoms with van der Waals surface area (Å²) in [5.41, 5.74) is 2.18. The molecule has 0 amide bonds. The summed E-state index contributed by atoms with van der Waals surface area (Å²) in [4.78, 5) is 1.81. The molecule has 1 atom stereocenters. The van der Waals surface area contributed by atoms with Crippen LogP contribution in [-0.4, -0.2) is 48.7 Å². The maximum absolute atomic E-state index is 12.3. The number of rotatable bonds is 7. The Balaban J connectivity index is 1.71. The van der Waals surface area contributed by atoms with Crippen molar-refractivity contribution in [2.45, 2.75) is 44.8 Å². The first-order valence-corrected chi connectivity index (χ1v) is 8.09. The van der Waals surface area contributed by atoms with E-state index in [4.69, 9.17) is 0 Å². The number of aliphatic hydroxyl groups excluding tert-OH is 1. The largest absolute Gasteiger partial charge is 0.387 e. The van der Waals surface area contributed by atoms with Crippen LogP contribution in [0.4, 0.5) is 8.78 Å². The smallest absolute Gasteiger partial charge is 0.251 e. The number of nitrogens with zero attached hydrogens (tertiary/aromatic N) is 1. The number of likely N-dealkylation sites (tertiary alicyclic amines) is 1. The standard InChI is InChI=1S/C17H26F2N2O/c1-2-13-3-5-14(6-4-13)16(22)11-20-15-7-9-21(10-8-15)12-17(18)19/h3-6,15-17,20,22H,2,7-12H2,1H3/t16-/m0/s1. The summed E-state index contributed by atoms with van der Waals surface area (Å²) < 4.78 is 24.6. The minimum absolute atomic E-state index is 0.126. The Bertz CT molecular complexity index is 431. The Morgan fingerprint density at radius 1 is 1.23 bits per heavy atom. The van der Waals surface area contributed by atoms with Crippen molar-refractivity contribution in [3.63, 3.8) is 0 Å². The Morgan fingerprint density at radius 3 is 2.41 bits per heavy atom. The van der Waals surface area contributed by atoms with Crippen molar-refractivity contribution < 1.29 is 13.9 Å². The molecule has 0 aliphatic carbocycles. The molecule has 5 heteroatoms. The molecule has 22 heavy (non-hydrogen) atoms. The molecule has 0 aromatic heterocycles. The fraction of sp³-hybridized carbons (Fsp3) is 0.647. The van der Waals surface area contributed by atoms with Crippen LogP contribution in [0.5, 0.6) is 0 Å². The molecule has 1 aliphatic heterocycles. The Morgan fingerprint density at radius 2 is 1.86 bits per heavy atom. The van der Waals surface area contributed by atoms with Gasteiger partial charge in [-0.15, -0.1) is 0 Å². The fourth-order valence-corrected chi connectivity index (χ4v) is 2.89. The van der Waals surface area contributed by atoms with Gasteiger partial charge in [-0.3, -0.25) is 4.90 Å². The monoisotopic (exact) mass is 312 g/mol. The lowest BCUT2D eigenvalue weighted by molar-refractivity contribution is 0.0713. The van der Waals surface area contributed by atoms with Crippen LogP contribution in [0.1, 0.15) is 37.0 Å². The van der Waals surface area contributed by atoms with E-state index in [9.17, 15) is 13.9 Å². The lowest BCUT2D eigenvalue weighted by atomic mass is 10.0. The minimum Gasteiger partial charge on any atom is -0.387 e. The highest BCUT2D eigenvalue weighted by Crippen LogP contribution is 2.16. The van der Waals surface area contributed by atoms with Crippen molar-refractivity contribution in [2.75, 3.05) is 26.2 Å². The first kappa shape index (κ1) is 17.3. The molecule has 2 N–H and O–H groups in total. The van der Waals surface area contributed by atoms with Gasteiger partial charge in [0.05, 0.1) is 12.6 Å². The van der Waals surface area contributed by atoms with E-state index in [1.54, 1.807) is 0 Å². The van der Waals surface area contributed by atoms with E-state index in [0.29, 0.717) is 25.7 Å². The summed E-state index contributed by atoms with van der Waals surface area (Å²) in [5, 5.41) is 13.6. The van der Waals surface area contributed by atoms with Gasteiger partial charge in [-0.25, -0.2) is 8.78 Å². The number of aliphatic hydroxyl groups is 1. The van der Waals surface area contributed by atoms with Crippen LogP contribution in [0.2, 0.25) is 0 Å². The van der Waals surface area contributed by atoms with Crippen LogP contribution in [0.25, 0.3) is 0 Å². The maximum Gasteiger partial charge on any atom is 0.251 e. The number of benzene rings is 1. The molecule has 1 heterocycles. The summed E-state index contributed by atoms with van der Waals surface area (Å²) >= 11 is 0. The fourth-order valence-electron chi connectivity index (χ4n) is 2.89. The lowest BCUT2D eigenvalue weighted by Crippen LogP contribution is -2.44. The van der Waals surface area contributed by atoms with Gasteiger partial charge in [0.1, 0.15) is 0 Å². The second-order valence-corrected chi connectivity index (χ2v) is 5.99. The SMILES string of the molecule is CCc1ccc([C@@H](O)CNC2CCN(CC(F)F)CC2)cc1. The highest BCUT2D eigenvalue weighted by atomic mass is 19.3. The average Bonchev–Trinajstić information content (AvgIpc) is 2.53. The summed E-state index contributed by atoms with van der Waals surface area (Å²) in [5.74, 6) is 0. The first-order valence-electron chi connectivity index (χ1n) is 8.09. The summed E-state index contributed by atoms with van der Waals surface area (Å²) in [6.07, 6.45) is -0.0729. The average molecular weight is 312 g/mol. The zero-order valence-electron chi connectivity index (χ0n) is 13.1. The van der Waals surface area contributed by atoms with Gasteiger partial charge in [0.25, 0.3) is 6.43 Å². The molecule has 124 valence electrons. The van der Waals surface area contributed by atoms with Crippen molar-refractivity contribution in [2.24, 2.45) is 0 Å². The van der Waals surface area contributed by atoms with Crippen molar-refractivity contribution in [1.82, 2.24) is 10.2 Å². The van der Waals surface area contributed by atoms with Crippen molar-refractivity contribution >= 4 is 0 Å². The topological polar surface area (TPSA) is 35.5 Å². The third-order valence-electron chi connectivity index (χ3n) is 4.36. The van der Waals surface area contributed by atoms with Crippen molar-refractivity contribution in [3.8, 4) is 0 Å². The quantitative estimate of drug-likeness (QED) is 0.812. The summed E-state index contributed by atoms with van der Waals surface area (Å²) in [6, 6.07) is 8.33. The third kappa shape index (κ3) is 5.30. The van der Waals surface area contributed by atoms with Crippen LogP contribution < -0.4 is 5.32 Å². The zero-order chi connectivity index (χ0) is 15.9. The number of hydrogen-bond acceptors (Lipinski definition) is 3. The highest BCUT2D eigenvalue weighted by molar-refractivity contribution is 5.24. The Kier molecular flexibility index (Phi) is 6.73. The van der Waals surface area contributed by atoms with Gasteiger partial charge in [0.15, 0.2) is 0 Å². The van der Waals surface area contributed by atoms with E-state index in [1.165, 1.54) is 5.56 Å². The molecule has 0 spiro atoms. The molecule has 0 radical (unpaired) electrons. The van der Waals surface area contributed by atoms with Gasteiger partial charge in [0.2, 0.25) is 0 Å². The molecule has 1 aromatic rings. The first-order chi connectivity index (χ1) is 10.6. The minimum atomic E-state index is -2.25. The second-order valence-electron chi connectivity index (χ2n) is 5.99. The maximum atomic E-state index is 12.3. The molecule has 1 aromatic carbocycles. The van der Waals surface area contributed by atoms with Gasteiger partial charge in [0, 0.05) is 12.6 Å². The lowest BCUT2D eigenvalue weighted by Gasteiger charge is -2.32. The van der Waals surface area contributed by atoms with Crippen molar-refractivity contribution in [3.05, 3.63) is 35.4 Å². The van der Waals surface area contributed by atoms with Crippen LogP contribution in [-0.2, 0) is 6.42 Å². The molecule has 1 fully saturated rings. The third-order valence-corrected chi connectivity index (χ3v) is 4.36. The molecular formula is C17H26F2N2O. The molecule has 1 saturated heterocycles. The molecule has 2 rings (SSSR count). The van der Waals surface area contributed by atoms with E-state index in [1.807, 2.05) is 29.2 Å². The predicted molar refractivity (Wildman–Crippen MR) is 84.2 cm³/mol. The van der Waals surface area contributed by atoms with Gasteiger partial charge in [-0.1, -0.05) is 31.2 Å². The molecule has 1 aliphatic rings. The zero-order valence-corrected chi connectivity index (χ0v) is 13.1. The predicted octanol–water partition coefficient (Wildman–Crippen LogP) is 2.60. The van der Waals surface area contributed by atoms with E-state index >= 15 is 0 Å². The van der Waals surface area contributed by atoms with Gasteiger partial charge in [-0.2, -0.15) is 0 Å². The van der Waals surface area contributed by atoms with Gasteiger partial charge >= 0.3 is 0 Å². The molecule has 3 nitrogen and oxygen atoms in total. The molecule has 0 bridgehead atoms. The normalized spacial score (nSPS) is 18.8. The molecular weight excluding hydrogens is 286 g/mol. The molecule has 0 saturated carbocycles. The van der Waals surface area contributed by atoms with E-state index in [-0.39, 0.29) is 6.54 Å². The number of hydrogen-bond donors (Lipinski definition) is 2. The summed E-state index contributed by atoms with van der Waals surface area (Å²) in [7, 11) is 0. The highest BCUT2D eigenvalue weighted by Gasteiger charge is 2.21. The Labute approximate surface area is 131 Å². The van der Waals surface area contributed by atoms with Gasteiger partial charge in [-0.05, 0) is 43.5 Å². The van der Waals surface area contributed by atoms with Crippen LogP contribution in [0.15, 0.2) is 24.3 Å². The summed E-state index contributed by atoms with van der Waals surface area (Å²) in [6.45, 7) is 3.88. The van der Waals surface area contributed by atoms with Gasteiger partial charge < -0.3 is 10.4 Å². The van der Waals surface area contributed by atoms with E-state index in [2.05, 4.69) is 12.2 Å². The van der Waals surface area contributed by atoms with E-state index < -0.39 is 12.5 Å². The van der Waals surface area contributed by atoms with Crippen molar-refractivity contribution in [1.29, 1.82) is 0 Å². The number of aryl methyl sites for hydroxylation is 1. The number of halogens is 2. The Hall–Kier alpha value is -1.04. The van der Waals surface area contributed by atoms with Crippen LogP contribution in [0.3, 0.4) is 0 Å².